The van der Waals surface area contributed by atoms with E-state index in [4.69, 9.17) is 10.5 Å². The molecular weight excluding hydrogens is 344 g/mol. The second-order valence-electron chi connectivity index (χ2n) is 6.59. The van der Waals surface area contributed by atoms with E-state index in [-0.39, 0.29) is 11.3 Å². The zero-order valence-corrected chi connectivity index (χ0v) is 14.3. The molecule has 120 valence electrons. The highest BCUT2D eigenvalue weighted by Crippen LogP contribution is 2.43. The van der Waals surface area contributed by atoms with Gasteiger partial charge in [0.1, 0.15) is 0 Å². The molecule has 0 spiro atoms. The lowest BCUT2D eigenvalue weighted by Gasteiger charge is -2.43. The van der Waals surface area contributed by atoms with Crippen LogP contribution in [0.5, 0.6) is 0 Å². The van der Waals surface area contributed by atoms with Crippen LogP contribution in [0.25, 0.3) is 0 Å². The summed E-state index contributed by atoms with van der Waals surface area (Å²) in [6, 6.07) is 8.45. The van der Waals surface area contributed by atoms with E-state index in [1.165, 1.54) is 12.0 Å². The highest BCUT2D eigenvalue weighted by atomic mass is 79.9. The number of nitrogens with two attached hydrogens (primary N) is 1. The first-order chi connectivity index (χ1) is 10.5. The molecule has 1 aliphatic heterocycles. The number of carbonyl (C=O) groups excluding carboxylic acids is 1. The van der Waals surface area contributed by atoms with E-state index < -0.39 is 5.54 Å². The van der Waals surface area contributed by atoms with Gasteiger partial charge in [-0.2, -0.15) is 0 Å². The van der Waals surface area contributed by atoms with Crippen molar-refractivity contribution in [3.63, 3.8) is 0 Å². The standard InChI is InChI=1S/C17H23BrN2O2/c18-14-4-2-13(3-5-14)16(6-1-7-16)12-20-15(21)17(19)8-10-22-11-9-17/h2-5H,1,6-12,19H2,(H,20,21). The predicted octanol–water partition coefficient (Wildman–Crippen LogP) is 2.49. The van der Waals surface area contributed by atoms with Gasteiger partial charge in [-0.3, -0.25) is 4.79 Å². The van der Waals surface area contributed by atoms with Gasteiger partial charge in [-0.05, 0) is 43.4 Å². The molecule has 0 atom stereocenters. The summed E-state index contributed by atoms with van der Waals surface area (Å²) in [5, 5.41) is 3.12. The molecule has 2 aliphatic rings. The SMILES string of the molecule is NC1(C(=O)NCC2(c3ccc(Br)cc3)CCC2)CCOCC1. The number of nitrogens with one attached hydrogen (secondary N) is 1. The minimum Gasteiger partial charge on any atom is -0.381 e. The Balaban J connectivity index is 1.66. The van der Waals surface area contributed by atoms with Crippen molar-refractivity contribution in [2.24, 2.45) is 5.73 Å². The van der Waals surface area contributed by atoms with Crippen LogP contribution in [0.4, 0.5) is 0 Å². The van der Waals surface area contributed by atoms with Crippen LogP contribution in [0.1, 0.15) is 37.7 Å². The fourth-order valence-electron chi connectivity index (χ4n) is 3.36. The number of hydrogen-bond donors (Lipinski definition) is 2. The van der Waals surface area contributed by atoms with Crippen LogP contribution >= 0.6 is 15.9 Å². The molecule has 5 heteroatoms. The van der Waals surface area contributed by atoms with Gasteiger partial charge in [0.15, 0.2) is 0 Å². The minimum absolute atomic E-state index is 0.0285. The summed E-state index contributed by atoms with van der Waals surface area (Å²) in [7, 11) is 0. The van der Waals surface area contributed by atoms with Crippen LogP contribution in [-0.4, -0.2) is 31.2 Å². The van der Waals surface area contributed by atoms with Crippen LogP contribution in [-0.2, 0) is 14.9 Å². The Kier molecular flexibility index (Phi) is 4.57. The Hall–Kier alpha value is -0.910. The van der Waals surface area contributed by atoms with Crippen molar-refractivity contribution in [1.82, 2.24) is 5.32 Å². The quantitative estimate of drug-likeness (QED) is 0.860. The van der Waals surface area contributed by atoms with E-state index in [1.807, 2.05) is 0 Å². The highest BCUT2D eigenvalue weighted by molar-refractivity contribution is 9.10. The zero-order valence-electron chi connectivity index (χ0n) is 12.7. The average Bonchev–Trinajstić information content (AvgIpc) is 2.48. The summed E-state index contributed by atoms with van der Waals surface area (Å²) < 4.78 is 6.39. The van der Waals surface area contributed by atoms with Gasteiger partial charge in [0, 0.05) is 29.6 Å². The summed E-state index contributed by atoms with van der Waals surface area (Å²) in [4.78, 5) is 12.5. The molecule has 0 radical (unpaired) electrons. The van der Waals surface area contributed by atoms with E-state index in [0.29, 0.717) is 32.6 Å². The Bertz CT molecular complexity index is 534. The largest absolute Gasteiger partial charge is 0.381 e. The smallest absolute Gasteiger partial charge is 0.240 e. The maximum absolute atomic E-state index is 12.5. The summed E-state index contributed by atoms with van der Waals surface area (Å²) >= 11 is 3.48. The molecule has 1 amide bonds. The Morgan fingerprint density at radius 1 is 1.18 bits per heavy atom. The molecule has 1 aliphatic carbocycles. The maximum Gasteiger partial charge on any atom is 0.240 e. The van der Waals surface area contributed by atoms with Gasteiger partial charge in [0.05, 0.1) is 5.54 Å². The Morgan fingerprint density at radius 2 is 1.82 bits per heavy atom. The van der Waals surface area contributed by atoms with Crippen LogP contribution in [0.2, 0.25) is 0 Å². The number of rotatable bonds is 4. The number of halogens is 1. The third-order valence-electron chi connectivity index (χ3n) is 5.19. The number of benzene rings is 1. The molecule has 4 nitrogen and oxygen atoms in total. The van der Waals surface area contributed by atoms with Crippen molar-refractivity contribution in [2.45, 2.75) is 43.1 Å². The van der Waals surface area contributed by atoms with Crippen LogP contribution in [0.3, 0.4) is 0 Å². The monoisotopic (exact) mass is 366 g/mol. The topological polar surface area (TPSA) is 64.4 Å². The average molecular weight is 367 g/mol. The van der Waals surface area contributed by atoms with Crippen LogP contribution in [0.15, 0.2) is 28.7 Å². The molecule has 3 rings (SSSR count). The van der Waals surface area contributed by atoms with Gasteiger partial charge in [0.2, 0.25) is 5.91 Å². The fraction of sp³-hybridized carbons (Fsp3) is 0.588. The lowest BCUT2D eigenvalue weighted by atomic mass is 9.64. The van der Waals surface area contributed by atoms with Gasteiger partial charge in [-0.25, -0.2) is 0 Å². The van der Waals surface area contributed by atoms with E-state index in [2.05, 4.69) is 45.5 Å². The summed E-state index contributed by atoms with van der Waals surface area (Å²) in [5.74, 6) is -0.0285. The van der Waals surface area contributed by atoms with Crippen molar-refractivity contribution in [3.05, 3.63) is 34.3 Å². The number of ether oxygens (including phenoxy) is 1. The zero-order chi connectivity index (χ0) is 15.6. The Labute approximate surface area is 139 Å². The molecule has 1 saturated heterocycles. The normalized spacial score (nSPS) is 22.6. The lowest BCUT2D eigenvalue weighted by molar-refractivity contribution is -0.130. The summed E-state index contributed by atoms with van der Waals surface area (Å²) in [5.41, 5.74) is 6.88. The molecule has 0 unspecified atom stereocenters. The summed E-state index contributed by atoms with van der Waals surface area (Å²) in [6.07, 6.45) is 4.66. The van der Waals surface area contributed by atoms with Crippen LogP contribution < -0.4 is 11.1 Å². The number of hydrogen-bond acceptors (Lipinski definition) is 3. The second-order valence-corrected chi connectivity index (χ2v) is 7.51. The molecule has 2 fully saturated rings. The second kappa shape index (κ2) is 6.30. The van der Waals surface area contributed by atoms with Crippen molar-refractivity contribution in [1.29, 1.82) is 0 Å². The predicted molar refractivity (Wildman–Crippen MR) is 89.7 cm³/mol. The highest BCUT2D eigenvalue weighted by Gasteiger charge is 2.41. The molecule has 1 aromatic rings. The number of amides is 1. The van der Waals surface area contributed by atoms with Crippen molar-refractivity contribution in [2.75, 3.05) is 19.8 Å². The van der Waals surface area contributed by atoms with Crippen molar-refractivity contribution < 1.29 is 9.53 Å². The van der Waals surface area contributed by atoms with E-state index in [1.54, 1.807) is 0 Å². The third kappa shape index (κ3) is 3.07. The fourth-order valence-corrected chi connectivity index (χ4v) is 3.63. The van der Waals surface area contributed by atoms with Gasteiger partial charge in [-0.1, -0.05) is 34.5 Å². The molecule has 0 bridgehead atoms. The molecule has 3 N–H and O–H groups in total. The van der Waals surface area contributed by atoms with Gasteiger partial charge in [-0.15, -0.1) is 0 Å². The van der Waals surface area contributed by atoms with Gasteiger partial charge in [0.25, 0.3) is 0 Å². The molecule has 22 heavy (non-hydrogen) atoms. The lowest BCUT2D eigenvalue weighted by Crippen LogP contribution is -2.59. The maximum atomic E-state index is 12.5. The van der Waals surface area contributed by atoms with Crippen LogP contribution in [0, 0.1) is 0 Å². The van der Waals surface area contributed by atoms with Crippen molar-refractivity contribution in [3.8, 4) is 0 Å². The van der Waals surface area contributed by atoms with Gasteiger partial charge < -0.3 is 15.8 Å². The first-order valence-corrected chi connectivity index (χ1v) is 8.74. The number of carbonyl (C=O) groups is 1. The van der Waals surface area contributed by atoms with E-state index in [9.17, 15) is 4.79 Å². The first-order valence-electron chi connectivity index (χ1n) is 7.95. The van der Waals surface area contributed by atoms with Crippen molar-refractivity contribution >= 4 is 21.8 Å². The molecule has 1 aromatic carbocycles. The molecule has 1 saturated carbocycles. The third-order valence-corrected chi connectivity index (χ3v) is 5.72. The first kappa shape index (κ1) is 16.0. The Morgan fingerprint density at radius 3 is 2.36 bits per heavy atom. The molecular formula is C17H23BrN2O2. The molecule has 1 heterocycles. The van der Waals surface area contributed by atoms with E-state index in [0.717, 1.165) is 17.3 Å². The van der Waals surface area contributed by atoms with Gasteiger partial charge >= 0.3 is 0 Å². The summed E-state index contributed by atoms with van der Waals surface area (Å²) in [6.45, 7) is 1.82. The minimum atomic E-state index is -0.761. The molecule has 0 aromatic heterocycles. The van der Waals surface area contributed by atoms with E-state index >= 15 is 0 Å².